The van der Waals surface area contributed by atoms with Gasteiger partial charge in [0.25, 0.3) is 0 Å². The summed E-state index contributed by atoms with van der Waals surface area (Å²) in [7, 11) is -1.50. The zero-order valence-electron chi connectivity index (χ0n) is 15.0. The molecule has 2 aromatic rings. The third kappa shape index (κ3) is 4.47. The molecule has 26 heavy (non-hydrogen) atoms. The van der Waals surface area contributed by atoms with Gasteiger partial charge in [-0.1, -0.05) is 23.7 Å². The van der Waals surface area contributed by atoms with Crippen LogP contribution in [0.5, 0.6) is 0 Å². The molecule has 142 valence electrons. The quantitative estimate of drug-likeness (QED) is 0.791. The van der Waals surface area contributed by atoms with Gasteiger partial charge in [-0.05, 0) is 43.1 Å². The molecular weight excluding hydrogens is 390 g/mol. The van der Waals surface area contributed by atoms with Gasteiger partial charge in [0.15, 0.2) is 0 Å². The molecule has 1 aromatic carbocycles. The molecule has 0 spiro atoms. The maximum Gasteiger partial charge on any atom is 0.240 e. The molecule has 1 saturated heterocycles. The lowest BCUT2D eigenvalue weighted by molar-refractivity contribution is 0.114. The maximum absolute atomic E-state index is 12.8. The summed E-state index contributed by atoms with van der Waals surface area (Å²) in [6, 6.07) is 9.10. The fourth-order valence-electron chi connectivity index (χ4n) is 3.17. The number of hydrogen-bond donors (Lipinski definition) is 1. The highest BCUT2D eigenvalue weighted by molar-refractivity contribution is 7.89. The second-order valence-corrected chi connectivity index (χ2v) is 9.71. The lowest BCUT2D eigenvalue weighted by Crippen LogP contribution is -2.48. The number of halogens is 1. The molecule has 1 N–H and O–H groups in total. The lowest BCUT2D eigenvalue weighted by atomic mass is 10.2. The second-order valence-electron chi connectivity index (χ2n) is 6.59. The third-order valence-corrected chi connectivity index (χ3v) is 7.78. The van der Waals surface area contributed by atoms with Gasteiger partial charge < -0.3 is 4.90 Å². The van der Waals surface area contributed by atoms with E-state index in [4.69, 9.17) is 11.6 Å². The molecule has 2 heterocycles. The van der Waals surface area contributed by atoms with Crippen LogP contribution in [0, 0.1) is 6.92 Å². The van der Waals surface area contributed by atoms with Crippen LogP contribution in [0.15, 0.2) is 40.6 Å². The molecule has 0 radical (unpaired) electrons. The Morgan fingerprint density at radius 2 is 1.92 bits per heavy atom. The minimum Gasteiger partial charge on any atom is -0.304 e. The van der Waals surface area contributed by atoms with Gasteiger partial charge in [-0.25, -0.2) is 13.1 Å². The first-order valence-electron chi connectivity index (χ1n) is 8.59. The normalized spacial score (nSPS) is 18.1. The van der Waals surface area contributed by atoms with Crippen LogP contribution in [-0.2, 0) is 10.0 Å². The summed E-state index contributed by atoms with van der Waals surface area (Å²) in [4.78, 5) is 6.08. The van der Waals surface area contributed by atoms with Crippen LogP contribution in [0.25, 0.3) is 0 Å². The summed E-state index contributed by atoms with van der Waals surface area (Å²) in [5.41, 5.74) is 0.578. The molecule has 8 heteroatoms. The fourth-order valence-corrected chi connectivity index (χ4v) is 5.56. The highest BCUT2D eigenvalue weighted by Gasteiger charge is 2.27. The Balaban J connectivity index is 1.78. The molecular formula is C18H24ClN3O2S2. The Labute approximate surface area is 164 Å². The summed E-state index contributed by atoms with van der Waals surface area (Å²) in [5, 5.41) is 2.50. The average Bonchev–Trinajstić information content (AvgIpc) is 3.13. The number of likely N-dealkylation sites (N-methyl/N-ethyl adjacent to an activating group) is 1. The van der Waals surface area contributed by atoms with Crippen molar-refractivity contribution in [3.8, 4) is 0 Å². The van der Waals surface area contributed by atoms with Gasteiger partial charge in [-0.15, -0.1) is 11.3 Å². The molecule has 0 aliphatic carbocycles. The minimum atomic E-state index is -3.62. The van der Waals surface area contributed by atoms with E-state index in [-0.39, 0.29) is 10.9 Å². The molecule has 0 saturated carbocycles. The van der Waals surface area contributed by atoms with Crippen LogP contribution in [0.3, 0.4) is 0 Å². The first-order chi connectivity index (χ1) is 12.4. The van der Waals surface area contributed by atoms with Crippen LogP contribution in [0.1, 0.15) is 16.5 Å². The van der Waals surface area contributed by atoms with Gasteiger partial charge in [0.1, 0.15) is 0 Å². The van der Waals surface area contributed by atoms with Crippen molar-refractivity contribution in [2.24, 2.45) is 0 Å². The standard InChI is InChI=1S/C18H24ClN3O2S2/c1-14-15(19)5-3-7-18(14)26(23,24)20-13-16(17-6-4-12-25-17)22-10-8-21(2)9-11-22/h3-7,12,16,20H,8-11,13H2,1-2H3/t16-/m1/s1. The van der Waals surface area contributed by atoms with Gasteiger partial charge >= 0.3 is 0 Å². The maximum atomic E-state index is 12.8. The number of nitrogens with zero attached hydrogens (tertiary/aromatic N) is 2. The molecule has 3 rings (SSSR count). The third-order valence-electron chi connectivity index (χ3n) is 4.82. The van der Waals surface area contributed by atoms with Crippen LogP contribution < -0.4 is 4.72 Å². The number of rotatable bonds is 6. The molecule has 5 nitrogen and oxygen atoms in total. The van der Waals surface area contributed by atoms with Gasteiger partial charge in [-0.3, -0.25) is 4.90 Å². The Morgan fingerprint density at radius 1 is 1.19 bits per heavy atom. The Kier molecular flexibility index (Phi) is 6.37. The van der Waals surface area contributed by atoms with Gasteiger partial charge in [0, 0.05) is 42.6 Å². The molecule has 0 unspecified atom stereocenters. The summed E-state index contributed by atoms with van der Waals surface area (Å²) in [6.45, 7) is 5.91. The van der Waals surface area contributed by atoms with Crippen molar-refractivity contribution in [3.05, 3.63) is 51.2 Å². The van der Waals surface area contributed by atoms with Crippen molar-refractivity contribution in [3.63, 3.8) is 0 Å². The van der Waals surface area contributed by atoms with E-state index in [2.05, 4.69) is 27.6 Å². The van der Waals surface area contributed by atoms with Crippen LogP contribution in [0.2, 0.25) is 5.02 Å². The van der Waals surface area contributed by atoms with Crippen molar-refractivity contribution >= 4 is 33.0 Å². The lowest BCUT2D eigenvalue weighted by Gasteiger charge is -2.37. The van der Waals surface area contributed by atoms with Crippen LogP contribution >= 0.6 is 22.9 Å². The predicted octanol–water partition coefficient (Wildman–Crippen LogP) is 2.98. The summed E-state index contributed by atoms with van der Waals surface area (Å²) >= 11 is 7.76. The molecule has 1 aliphatic heterocycles. The van der Waals surface area contributed by atoms with Gasteiger partial charge in [0.2, 0.25) is 10.0 Å². The fraction of sp³-hybridized carbons (Fsp3) is 0.444. The highest BCUT2D eigenvalue weighted by atomic mass is 35.5. The van der Waals surface area contributed by atoms with Crippen molar-refractivity contribution in [1.29, 1.82) is 0 Å². The van der Waals surface area contributed by atoms with Gasteiger partial charge in [0.05, 0.1) is 10.9 Å². The number of piperazine rings is 1. The Morgan fingerprint density at radius 3 is 2.58 bits per heavy atom. The first-order valence-corrected chi connectivity index (χ1v) is 11.3. The SMILES string of the molecule is Cc1c(Cl)cccc1S(=O)(=O)NC[C@H](c1cccs1)N1CCN(C)CC1. The molecule has 1 aromatic heterocycles. The van der Waals surface area contributed by atoms with Crippen molar-refractivity contribution in [2.45, 2.75) is 17.9 Å². The number of hydrogen-bond acceptors (Lipinski definition) is 5. The van der Waals surface area contributed by atoms with Crippen molar-refractivity contribution < 1.29 is 8.42 Å². The minimum absolute atomic E-state index is 0.0398. The van der Waals surface area contributed by atoms with E-state index in [1.54, 1.807) is 36.5 Å². The van der Waals surface area contributed by atoms with Gasteiger partial charge in [-0.2, -0.15) is 0 Å². The molecule has 1 fully saturated rings. The number of nitrogens with one attached hydrogen (secondary N) is 1. The molecule has 0 bridgehead atoms. The van der Waals surface area contributed by atoms with E-state index < -0.39 is 10.0 Å². The summed E-state index contributed by atoms with van der Waals surface area (Å²) in [6.07, 6.45) is 0. The monoisotopic (exact) mass is 413 g/mol. The predicted molar refractivity (Wildman–Crippen MR) is 108 cm³/mol. The van der Waals surface area contributed by atoms with E-state index in [9.17, 15) is 8.42 Å². The smallest absolute Gasteiger partial charge is 0.240 e. The second kappa shape index (κ2) is 8.37. The van der Waals surface area contributed by atoms with E-state index >= 15 is 0 Å². The van der Waals surface area contributed by atoms with E-state index in [1.807, 2.05) is 11.4 Å². The Hall–Kier alpha value is -0.960. The molecule has 1 aliphatic rings. The van der Waals surface area contributed by atoms with Crippen LogP contribution in [0.4, 0.5) is 0 Å². The largest absolute Gasteiger partial charge is 0.304 e. The highest BCUT2D eigenvalue weighted by Crippen LogP contribution is 2.27. The van der Waals surface area contributed by atoms with Crippen molar-refractivity contribution in [2.75, 3.05) is 39.8 Å². The number of thiophene rings is 1. The topological polar surface area (TPSA) is 52.7 Å². The molecule has 1 atom stereocenters. The zero-order valence-corrected chi connectivity index (χ0v) is 17.4. The summed E-state index contributed by atoms with van der Waals surface area (Å²) < 4.78 is 28.4. The zero-order chi connectivity index (χ0) is 18.7. The van der Waals surface area contributed by atoms with E-state index in [0.717, 1.165) is 26.2 Å². The Bertz CT molecular complexity index is 832. The van der Waals surface area contributed by atoms with Crippen molar-refractivity contribution in [1.82, 2.24) is 14.5 Å². The van der Waals surface area contributed by atoms with E-state index in [1.165, 1.54) is 4.88 Å². The number of sulfonamides is 1. The summed E-state index contributed by atoms with van der Waals surface area (Å²) in [5.74, 6) is 0. The first kappa shape index (κ1) is 19.8. The number of benzene rings is 1. The van der Waals surface area contributed by atoms with Crippen LogP contribution in [-0.4, -0.2) is 58.0 Å². The van der Waals surface area contributed by atoms with E-state index in [0.29, 0.717) is 17.1 Å². The molecule has 0 amide bonds. The average molecular weight is 414 g/mol.